The second-order valence-electron chi connectivity index (χ2n) is 23.0. The van der Waals surface area contributed by atoms with Gasteiger partial charge in [0.1, 0.15) is 34.9 Å². The molecule has 0 atom stereocenters. The first-order valence-electron chi connectivity index (χ1n) is 32.0. The summed E-state index contributed by atoms with van der Waals surface area (Å²) in [6, 6.07) is 61.9. The molecule has 0 unspecified atom stereocenters. The monoisotopic (exact) mass is 1520 g/mol. The number of anilines is 10. The van der Waals surface area contributed by atoms with Gasteiger partial charge < -0.3 is 26.6 Å². The molecule has 26 nitrogen and oxygen atoms in total. The SMILES string of the molecule is Cc1cc(Nc2nc(Cl)nc3ccccc23)n[nH]1.Cc1nc(Cl)nc(Nc2n[nH]c3ccc(F)cc23)c1C.Clc1nc(Nc2n[nH]c3ccccc23)c2ccccc2n1.Clc1nc(Nc2n[nH]c3ccccc23)cc(-c2ccccc2Cl)n1.Clc1nc(Nc2n[nH]c3ccccc23)cc(-c2ccccn2)n1. The standard InChI is InChI=1S/C17H11Cl2N5.C16H11ClN6.C15H10ClN5.C13H11ClFN5.C12H10ClN5/c18-12-7-3-1-5-10(12)14-9-15(22-17(19)20-14)21-16-11-6-2-4-8-13(11)23-24-16;17-16-19-13(12-7-3-4-8-18-12)9-14(21-16)20-15-10-5-1-2-6-11(10)22-23-15;16-15-17-11-7-3-1-5-9(11)13(19-15)18-14-10-6-2-4-8-12(10)20-21-14;1-6-7(2)16-13(14)18-11(6)17-12-9-5-8(15)3-4-10(9)19-20-12;1-7-6-10(18-17-7)15-11-8-4-2-3-5-9(8)14-12(13)16-11/h1-9H,(H2,20,21,22,23,24);1-9H,(H2,19,20,21,22,23);1-8H,(H2,17,18,19,20,21);3-5H,1-2H3,(H2,16,17,18,19,20);2-6H,1H3,(H2,14,15,16,17,18). The smallest absolute Gasteiger partial charge is 0.224 e. The van der Waals surface area contributed by atoms with Gasteiger partial charge in [0.25, 0.3) is 0 Å². The number of nitrogens with zero attached hydrogens (tertiary/aromatic N) is 16. The summed E-state index contributed by atoms with van der Waals surface area (Å²) in [7, 11) is 0. The van der Waals surface area contributed by atoms with Gasteiger partial charge in [-0.05, 0) is 176 Å². The van der Waals surface area contributed by atoms with Crippen molar-refractivity contribution in [3.63, 3.8) is 0 Å². The van der Waals surface area contributed by atoms with Crippen molar-refractivity contribution in [2.24, 2.45) is 0 Å². The van der Waals surface area contributed by atoms with Crippen LogP contribution in [0.15, 0.2) is 206 Å². The molecule has 0 spiro atoms. The highest BCUT2D eigenvalue weighted by Crippen LogP contribution is 2.34. The molecule has 524 valence electrons. The summed E-state index contributed by atoms with van der Waals surface area (Å²) in [5.74, 6) is 5.89. The van der Waals surface area contributed by atoms with Gasteiger partial charge in [-0.15, -0.1) is 0 Å². The number of halogens is 7. The summed E-state index contributed by atoms with van der Waals surface area (Å²) in [4.78, 5) is 46.2. The number of pyridine rings is 1. The molecule has 10 N–H and O–H groups in total. The Kier molecular flexibility index (Phi) is 21.2. The molecule has 0 amide bonds. The van der Waals surface area contributed by atoms with Crippen molar-refractivity contribution in [2.75, 3.05) is 26.6 Å². The molecule has 0 saturated carbocycles. The van der Waals surface area contributed by atoms with Crippen molar-refractivity contribution < 1.29 is 4.39 Å². The van der Waals surface area contributed by atoms with Crippen LogP contribution >= 0.6 is 69.6 Å². The van der Waals surface area contributed by atoms with E-state index in [1.165, 1.54) is 12.1 Å². The minimum atomic E-state index is -0.324. The molecular formula is C73H53Cl6FN26. The number of aromatic amines is 5. The quantitative estimate of drug-likeness (QED) is 0.0508. The molecule has 0 aliphatic rings. The number of rotatable bonds is 12. The Labute approximate surface area is 629 Å². The van der Waals surface area contributed by atoms with E-state index >= 15 is 0 Å². The van der Waals surface area contributed by atoms with Crippen LogP contribution < -0.4 is 26.6 Å². The summed E-state index contributed by atoms with van der Waals surface area (Å²) >= 11 is 36.1. The number of benzene rings is 7. The normalized spacial score (nSPS) is 10.9. The third-order valence-electron chi connectivity index (χ3n) is 15.8. The van der Waals surface area contributed by atoms with Gasteiger partial charge in [-0.1, -0.05) is 96.5 Å². The predicted octanol–water partition coefficient (Wildman–Crippen LogP) is 19.3. The lowest BCUT2D eigenvalue weighted by Gasteiger charge is -2.08. The first-order valence-corrected chi connectivity index (χ1v) is 34.3. The fourth-order valence-electron chi connectivity index (χ4n) is 10.7. The summed E-state index contributed by atoms with van der Waals surface area (Å²) in [6.45, 7) is 5.66. The number of aromatic nitrogens is 21. The number of hydrogen-bond acceptors (Lipinski definition) is 21. The van der Waals surface area contributed by atoms with Crippen LogP contribution in [0.2, 0.25) is 31.4 Å². The van der Waals surface area contributed by atoms with Crippen LogP contribution in [0.5, 0.6) is 0 Å². The van der Waals surface area contributed by atoms with Crippen LogP contribution in [-0.4, -0.2) is 106 Å². The maximum absolute atomic E-state index is 13.3. The largest absolute Gasteiger partial charge is 0.323 e. The zero-order valence-electron chi connectivity index (χ0n) is 55.4. The highest BCUT2D eigenvalue weighted by atomic mass is 35.5. The summed E-state index contributed by atoms with van der Waals surface area (Å²) in [5, 5.41) is 58.3. The van der Waals surface area contributed by atoms with Crippen molar-refractivity contribution >= 4 is 193 Å². The third kappa shape index (κ3) is 16.7. The van der Waals surface area contributed by atoms with Crippen LogP contribution in [0.3, 0.4) is 0 Å². The molecule has 11 aromatic heterocycles. The number of aryl methyl sites for hydroxylation is 2. The Morgan fingerprint density at radius 2 is 0.745 bits per heavy atom. The lowest BCUT2D eigenvalue weighted by atomic mass is 10.1. The molecule has 18 aromatic rings. The van der Waals surface area contributed by atoms with Crippen LogP contribution in [0, 0.1) is 26.6 Å². The maximum Gasteiger partial charge on any atom is 0.224 e. The highest BCUT2D eigenvalue weighted by Gasteiger charge is 2.17. The fraction of sp³-hybridized carbons (Fsp3) is 0.0411. The highest BCUT2D eigenvalue weighted by molar-refractivity contribution is 6.33. The van der Waals surface area contributed by atoms with Crippen LogP contribution in [0.1, 0.15) is 17.0 Å². The van der Waals surface area contributed by atoms with E-state index < -0.39 is 0 Å². The Bertz CT molecular complexity index is 6170. The molecule has 11 heterocycles. The minimum Gasteiger partial charge on any atom is -0.323 e. The molecule has 0 aliphatic carbocycles. The average Bonchev–Trinajstić information content (AvgIpc) is 1.44. The van der Waals surface area contributed by atoms with Crippen LogP contribution in [0.25, 0.3) is 88.1 Å². The molecule has 33 heteroatoms. The van der Waals surface area contributed by atoms with E-state index in [0.717, 1.165) is 88.2 Å². The first kappa shape index (κ1) is 70.4. The zero-order valence-corrected chi connectivity index (χ0v) is 60.0. The maximum atomic E-state index is 13.3. The topological polar surface area (TPSA) is 345 Å². The van der Waals surface area contributed by atoms with E-state index in [0.29, 0.717) is 80.0 Å². The van der Waals surface area contributed by atoms with Gasteiger partial charge in [0.2, 0.25) is 26.4 Å². The van der Waals surface area contributed by atoms with Crippen molar-refractivity contribution in [3.05, 3.63) is 261 Å². The molecule has 0 saturated heterocycles. The molecule has 0 bridgehead atoms. The van der Waals surface area contributed by atoms with Gasteiger partial charge in [-0.3, -0.25) is 30.5 Å². The van der Waals surface area contributed by atoms with Crippen LogP contribution in [0.4, 0.5) is 62.6 Å². The number of nitrogens with one attached hydrogen (secondary N) is 10. The second kappa shape index (κ2) is 31.9. The van der Waals surface area contributed by atoms with Crippen LogP contribution in [-0.2, 0) is 0 Å². The first-order chi connectivity index (χ1) is 51.6. The second-order valence-corrected chi connectivity index (χ2v) is 25.1. The van der Waals surface area contributed by atoms with E-state index in [9.17, 15) is 4.39 Å². The lowest BCUT2D eigenvalue weighted by molar-refractivity contribution is 0.630. The Hall–Kier alpha value is -12.6. The number of fused-ring (bicyclic) bond motifs is 6. The van der Waals surface area contributed by atoms with Crippen molar-refractivity contribution in [2.45, 2.75) is 20.8 Å². The van der Waals surface area contributed by atoms with Gasteiger partial charge in [0.15, 0.2) is 29.1 Å². The zero-order chi connectivity index (χ0) is 73.2. The summed E-state index contributed by atoms with van der Waals surface area (Å²) in [6.07, 6.45) is 1.71. The van der Waals surface area contributed by atoms with Crippen molar-refractivity contribution in [1.82, 2.24) is 106 Å². The number of hydrogen-bond donors (Lipinski definition) is 10. The van der Waals surface area contributed by atoms with E-state index in [2.05, 4.69) is 132 Å². The van der Waals surface area contributed by atoms with Gasteiger partial charge in [0.05, 0.1) is 50.2 Å². The molecule has 0 radical (unpaired) electrons. The summed E-state index contributed by atoms with van der Waals surface area (Å²) < 4.78 is 13.3. The van der Waals surface area contributed by atoms with Gasteiger partial charge >= 0.3 is 0 Å². The van der Waals surface area contributed by atoms with Gasteiger partial charge in [-0.25, -0.2) is 44.3 Å². The Balaban J connectivity index is 0.000000112. The van der Waals surface area contributed by atoms with Gasteiger partial charge in [-0.2, -0.15) is 35.5 Å². The average molecular weight is 1530 g/mol. The fourth-order valence-corrected chi connectivity index (χ4v) is 11.9. The molecule has 0 aliphatic heterocycles. The molecule has 18 rings (SSSR count). The Morgan fingerprint density at radius 1 is 0.311 bits per heavy atom. The predicted molar refractivity (Wildman–Crippen MR) is 417 cm³/mol. The summed E-state index contributed by atoms with van der Waals surface area (Å²) in [5.41, 5.74) is 10.6. The van der Waals surface area contributed by atoms with Crippen molar-refractivity contribution in [3.8, 4) is 22.6 Å². The number of H-pyrrole nitrogens is 5. The van der Waals surface area contributed by atoms with Gasteiger partial charge in [0, 0.05) is 84.3 Å². The number of para-hydroxylation sites is 5. The van der Waals surface area contributed by atoms with Crippen molar-refractivity contribution in [1.29, 1.82) is 0 Å². The van der Waals surface area contributed by atoms with E-state index in [1.807, 2.05) is 185 Å². The molecule has 7 aromatic carbocycles. The molecular weight excluding hydrogens is 1470 g/mol. The Morgan fingerprint density at radius 3 is 1.29 bits per heavy atom. The third-order valence-corrected chi connectivity index (χ3v) is 17.0. The molecule has 106 heavy (non-hydrogen) atoms. The van der Waals surface area contributed by atoms with E-state index in [1.54, 1.807) is 30.5 Å². The lowest BCUT2D eigenvalue weighted by Crippen LogP contribution is -2.01. The van der Waals surface area contributed by atoms with E-state index in [-0.39, 0.29) is 32.2 Å². The van der Waals surface area contributed by atoms with E-state index in [4.69, 9.17) is 69.6 Å². The minimum absolute atomic E-state index is 0.134. The molecule has 0 fully saturated rings.